The molecule has 2 heterocycles. The Hall–Kier alpha value is -2.49. The van der Waals surface area contributed by atoms with Crippen molar-refractivity contribution in [1.29, 1.82) is 0 Å². The summed E-state index contributed by atoms with van der Waals surface area (Å²) in [5.41, 5.74) is 7.80. The topological polar surface area (TPSA) is 64.7 Å². The van der Waals surface area contributed by atoms with Crippen molar-refractivity contribution in [2.75, 3.05) is 5.73 Å². The summed E-state index contributed by atoms with van der Waals surface area (Å²) in [5.74, 6) is 1.16. The fourth-order valence-electron chi connectivity index (χ4n) is 2.32. The van der Waals surface area contributed by atoms with Gasteiger partial charge in [-0.2, -0.15) is 0 Å². The number of benzene rings is 1. The summed E-state index contributed by atoms with van der Waals surface area (Å²) in [7, 11) is 0. The highest BCUT2D eigenvalue weighted by Crippen LogP contribution is 2.25. The standard InChI is InChI=1S/C16H16N4/c1-2-5-12-8-15(17)20-16(19-12)14-10-18-9-11-6-3-4-7-13(11)14/h3-4,6-10H,2,5H2,1H3,(H2,17,19,20). The number of aromatic nitrogens is 3. The van der Waals surface area contributed by atoms with E-state index >= 15 is 0 Å². The number of fused-ring (bicyclic) bond motifs is 1. The fourth-order valence-corrected chi connectivity index (χ4v) is 2.32. The van der Waals surface area contributed by atoms with E-state index in [-0.39, 0.29) is 0 Å². The Morgan fingerprint density at radius 2 is 1.95 bits per heavy atom. The van der Waals surface area contributed by atoms with Gasteiger partial charge in [0.25, 0.3) is 0 Å². The largest absolute Gasteiger partial charge is 0.384 e. The van der Waals surface area contributed by atoms with Crippen molar-refractivity contribution in [2.24, 2.45) is 0 Å². The van der Waals surface area contributed by atoms with Gasteiger partial charge in [0.05, 0.1) is 0 Å². The molecule has 3 aromatic rings. The van der Waals surface area contributed by atoms with Crippen LogP contribution in [0.5, 0.6) is 0 Å². The first-order valence-electron chi connectivity index (χ1n) is 6.74. The number of aryl methyl sites for hydroxylation is 1. The highest BCUT2D eigenvalue weighted by atomic mass is 14.9. The van der Waals surface area contributed by atoms with Gasteiger partial charge >= 0.3 is 0 Å². The van der Waals surface area contributed by atoms with Crippen LogP contribution in [0.3, 0.4) is 0 Å². The van der Waals surface area contributed by atoms with Gasteiger partial charge in [0.1, 0.15) is 5.82 Å². The molecule has 0 fully saturated rings. The Kier molecular flexibility index (Phi) is 3.29. The van der Waals surface area contributed by atoms with E-state index in [1.807, 2.05) is 30.5 Å². The van der Waals surface area contributed by atoms with Gasteiger partial charge in [-0.15, -0.1) is 0 Å². The second-order valence-electron chi connectivity index (χ2n) is 4.77. The lowest BCUT2D eigenvalue weighted by Gasteiger charge is -2.07. The zero-order chi connectivity index (χ0) is 13.9. The lowest BCUT2D eigenvalue weighted by Crippen LogP contribution is -2.01. The van der Waals surface area contributed by atoms with Gasteiger partial charge in [-0.25, -0.2) is 9.97 Å². The zero-order valence-electron chi connectivity index (χ0n) is 11.4. The minimum Gasteiger partial charge on any atom is -0.384 e. The molecular weight excluding hydrogens is 248 g/mol. The Morgan fingerprint density at radius 3 is 2.80 bits per heavy atom. The van der Waals surface area contributed by atoms with Gasteiger partial charge in [-0.05, 0) is 11.8 Å². The molecule has 0 saturated carbocycles. The van der Waals surface area contributed by atoms with Crippen LogP contribution in [0.2, 0.25) is 0 Å². The number of hydrogen-bond donors (Lipinski definition) is 1. The van der Waals surface area contributed by atoms with Crippen LogP contribution in [-0.2, 0) is 6.42 Å². The van der Waals surface area contributed by atoms with Crippen LogP contribution < -0.4 is 5.73 Å². The predicted octanol–water partition coefficient (Wildman–Crippen LogP) is 3.23. The van der Waals surface area contributed by atoms with Crippen LogP contribution in [0.25, 0.3) is 22.2 Å². The summed E-state index contributed by atoms with van der Waals surface area (Å²) < 4.78 is 0. The van der Waals surface area contributed by atoms with Crippen molar-refractivity contribution >= 4 is 16.6 Å². The minimum atomic E-state index is 0.506. The average molecular weight is 264 g/mol. The SMILES string of the molecule is CCCc1cc(N)nc(-c2cncc3ccccc23)n1. The number of rotatable bonds is 3. The summed E-state index contributed by atoms with van der Waals surface area (Å²) in [6.45, 7) is 2.12. The van der Waals surface area contributed by atoms with Crippen LogP contribution in [0.4, 0.5) is 5.82 Å². The number of nitrogen functional groups attached to an aromatic ring is 1. The van der Waals surface area contributed by atoms with Gasteiger partial charge < -0.3 is 5.73 Å². The van der Waals surface area contributed by atoms with Gasteiger partial charge in [0, 0.05) is 35.1 Å². The van der Waals surface area contributed by atoms with E-state index in [2.05, 4.69) is 27.9 Å². The van der Waals surface area contributed by atoms with Crippen molar-refractivity contribution in [3.8, 4) is 11.4 Å². The molecule has 3 rings (SSSR count). The number of hydrogen-bond acceptors (Lipinski definition) is 4. The van der Waals surface area contributed by atoms with E-state index in [0.717, 1.165) is 34.9 Å². The molecule has 0 spiro atoms. The lowest BCUT2D eigenvalue weighted by molar-refractivity contribution is 0.877. The van der Waals surface area contributed by atoms with Gasteiger partial charge in [-0.3, -0.25) is 4.98 Å². The first-order chi connectivity index (χ1) is 9.78. The third-order valence-electron chi connectivity index (χ3n) is 3.21. The first kappa shape index (κ1) is 12.5. The van der Waals surface area contributed by atoms with Crippen LogP contribution in [0.1, 0.15) is 19.0 Å². The molecule has 1 aromatic carbocycles. The van der Waals surface area contributed by atoms with Crippen molar-refractivity contribution in [3.63, 3.8) is 0 Å². The summed E-state index contributed by atoms with van der Waals surface area (Å²) in [6.07, 6.45) is 5.58. The number of nitrogens with zero attached hydrogens (tertiary/aromatic N) is 3. The van der Waals surface area contributed by atoms with E-state index in [9.17, 15) is 0 Å². The third-order valence-corrected chi connectivity index (χ3v) is 3.21. The molecule has 0 radical (unpaired) electrons. The van der Waals surface area contributed by atoms with Crippen molar-refractivity contribution in [2.45, 2.75) is 19.8 Å². The normalized spacial score (nSPS) is 10.8. The second kappa shape index (κ2) is 5.25. The van der Waals surface area contributed by atoms with E-state index in [1.54, 1.807) is 6.20 Å². The lowest BCUT2D eigenvalue weighted by atomic mass is 10.1. The van der Waals surface area contributed by atoms with E-state index in [4.69, 9.17) is 5.73 Å². The molecule has 0 aliphatic rings. The van der Waals surface area contributed by atoms with Crippen molar-refractivity contribution < 1.29 is 0 Å². The molecule has 2 N–H and O–H groups in total. The van der Waals surface area contributed by atoms with Gasteiger partial charge in [-0.1, -0.05) is 37.6 Å². The molecule has 4 nitrogen and oxygen atoms in total. The predicted molar refractivity (Wildman–Crippen MR) is 81.2 cm³/mol. The highest BCUT2D eigenvalue weighted by Gasteiger charge is 2.09. The highest BCUT2D eigenvalue weighted by molar-refractivity contribution is 5.94. The number of anilines is 1. The molecule has 0 bridgehead atoms. The quantitative estimate of drug-likeness (QED) is 0.788. The van der Waals surface area contributed by atoms with Crippen LogP contribution >= 0.6 is 0 Å². The molecule has 4 heteroatoms. The maximum atomic E-state index is 5.90. The molecule has 2 aromatic heterocycles. The Labute approximate surface area is 117 Å². The summed E-state index contributed by atoms with van der Waals surface area (Å²) >= 11 is 0. The third kappa shape index (κ3) is 2.32. The van der Waals surface area contributed by atoms with Gasteiger partial charge in [0.2, 0.25) is 0 Å². The number of pyridine rings is 1. The van der Waals surface area contributed by atoms with E-state index in [1.165, 1.54) is 0 Å². The van der Waals surface area contributed by atoms with Crippen LogP contribution in [-0.4, -0.2) is 15.0 Å². The molecule has 0 aliphatic heterocycles. The number of nitrogens with two attached hydrogens (primary N) is 1. The van der Waals surface area contributed by atoms with E-state index < -0.39 is 0 Å². The molecule has 20 heavy (non-hydrogen) atoms. The van der Waals surface area contributed by atoms with Crippen LogP contribution in [0, 0.1) is 0 Å². The molecule has 0 saturated heterocycles. The maximum absolute atomic E-state index is 5.90. The van der Waals surface area contributed by atoms with E-state index in [0.29, 0.717) is 11.6 Å². The minimum absolute atomic E-state index is 0.506. The molecule has 0 amide bonds. The van der Waals surface area contributed by atoms with Crippen LogP contribution in [0.15, 0.2) is 42.7 Å². The smallest absolute Gasteiger partial charge is 0.163 e. The Morgan fingerprint density at radius 1 is 1.10 bits per heavy atom. The fraction of sp³-hybridized carbons (Fsp3) is 0.188. The summed E-state index contributed by atoms with van der Waals surface area (Å²) in [4.78, 5) is 13.2. The molecule has 100 valence electrons. The van der Waals surface area contributed by atoms with Crippen molar-refractivity contribution in [3.05, 3.63) is 48.4 Å². The molecule has 0 atom stereocenters. The first-order valence-corrected chi connectivity index (χ1v) is 6.74. The second-order valence-corrected chi connectivity index (χ2v) is 4.77. The van der Waals surface area contributed by atoms with Crippen molar-refractivity contribution in [1.82, 2.24) is 15.0 Å². The Bertz CT molecular complexity index is 747. The molecular formula is C16H16N4. The molecule has 0 aliphatic carbocycles. The average Bonchev–Trinajstić information content (AvgIpc) is 2.46. The molecule has 0 unspecified atom stereocenters. The summed E-state index contributed by atoms with van der Waals surface area (Å²) in [5, 5.41) is 2.17. The van der Waals surface area contributed by atoms with Gasteiger partial charge in [0.15, 0.2) is 5.82 Å². The maximum Gasteiger partial charge on any atom is 0.163 e. The zero-order valence-corrected chi connectivity index (χ0v) is 11.4. The monoisotopic (exact) mass is 264 g/mol. The Balaban J connectivity index is 2.20. The summed E-state index contributed by atoms with van der Waals surface area (Å²) in [6, 6.07) is 9.93.